The number of rotatable bonds is 3. The first-order valence-electron chi connectivity index (χ1n) is 7.43. The molecule has 1 saturated heterocycles. The Labute approximate surface area is 144 Å². The fourth-order valence-corrected chi connectivity index (χ4v) is 5.74. The van der Waals surface area contributed by atoms with Crippen LogP contribution in [0.3, 0.4) is 0 Å². The molecule has 0 bridgehead atoms. The number of carbonyl (C=O) groups is 1. The maximum Gasteiger partial charge on any atom is 0.232 e. The Kier molecular flexibility index (Phi) is 4.56. The Morgan fingerprint density at radius 2 is 2.00 bits per heavy atom. The summed E-state index contributed by atoms with van der Waals surface area (Å²) in [6.45, 7) is 0. The van der Waals surface area contributed by atoms with Crippen LogP contribution in [-0.2, 0) is 14.6 Å². The van der Waals surface area contributed by atoms with Crippen molar-refractivity contribution in [3.8, 4) is 0 Å². The highest BCUT2D eigenvalue weighted by molar-refractivity contribution is 8.14. The van der Waals surface area contributed by atoms with Gasteiger partial charge in [0.1, 0.15) is 5.82 Å². The van der Waals surface area contributed by atoms with Crippen molar-refractivity contribution in [3.05, 3.63) is 30.1 Å². The van der Waals surface area contributed by atoms with Crippen molar-refractivity contribution < 1.29 is 17.6 Å². The zero-order valence-corrected chi connectivity index (χ0v) is 15.0. The van der Waals surface area contributed by atoms with Crippen LogP contribution in [-0.4, -0.2) is 67.8 Å². The molecule has 1 aromatic carbocycles. The minimum absolute atomic E-state index is 0.0149. The van der Waals surface area contributed by atoms with Crippen LogP contribution in [0, 0.1) is 5.82 Å². The number of hydrogen-bond donors (Lipinski definition) is 0. The summed E-state index contributed by atoms with van der Waals surface area (Å²) in [7, 11) is 0.228. The number of amidine groups is 1. The van der Waals surface area contributed by atoms with E-state index in [1.807, 2.05) is 4.90 Å². The largest absolute Gasteiger partial charge is 0.348 e. The molecule has 24 heavy (non-hydrogen) atoms. The van der Waals surface area contributed by atoms with Gasteiger partial charge in [-0.15, -0.1) is 0 Å². The van der Waals surface area contributed by atoms with Gasteiger partial charge >= 0.3 is 0 Å². The number of hydrogen-bond acceptors (Lipinski definition) is 6. The molecule has 1 amide bonds. The molecule has 2 aliphatic rings. The summed E-state index contributed by atoms with van der Waals surface area (Å²) in [6, 6.07) is 5.24. The fourth-order valence-electron chi connectivity index (χ4n) is 2.79. The van der Waals surface area contributed by atoms with Gasteiger partial charge in [-0.2, -0.15) is 0 Å². The lowest BCUT2D eigenvalue weighted by atomic mass is 10.1. The van der Waals surface area contributed by atoms with E-state index in [1.165, 1.54) is 28.8 Å². The van der Waals surface area contributed by atoms with E-state index in [1.54, 1.807) is 26.2 Å². The van der Waals surface area contributed by atoms with E-state index in [0.29, 0.717) is 10.9 Å². The van der Waals surface area contributed by atoms with Crippen molar-refractivity contribution >= 4 is 38.4 Å². The van der Waals surface area contributed by atoms with Crippen molar-refractivity contribution in [1.82, 2.24) is 4.90 Å². The molecule has 0 aliphatic carbocycles. The summed E-state index contributed by atoms with van der Waals surface area (Å²) in [5.41, 5.74) is 0.685. The third-order valence-electron chi connectivity index (χ3n) is 4.04. The molecule has 9 heteroatoms. The summed E-state index contributed by atoms with van der Waals surface area (Å²) in [6.07, 6.45) is 0. The summed E-state index contributed by atoms with van der Waals surface area (Å²) in [4.78, 5) is 19.7. The van der Waals surface area contributed by atoms with Gasteiger partial charge in [-0.25, -0.2) is 12.8 Å². The van der Waals surface area contributed by atoms with Crippen molar-refractivity contribution in [2.75, 3.05) is 36.3 Å². The van der Waals surface area contributed by atoms with Crippen LogP contribution in [0.4, 0.5) is 10.1 Å². The smallest absolute Gasteiger partial charge is 0.232 e. The number of sulfone groups is 1. The number of amides is 1. The minimum atomic E-state index is -3.13. The highest BCUT2D eigenvalue weighted by Gasteiger charge is 2.47. The van der Waals surface area contributed by atoms with Crippen LogP contribution >= 0.6 is 11.8 Å². The molecule has 0 radical (unpaired) electrons. The van der Waals surface area contributed by atoms with Gasteiger partial charge in [0, 0.05) is 19.8 Å². The molecule has 0 N–H and O–H groups in total. The molecule has 3 rings (SSSR count). The van der Waals surface area contributed by atoms with Gasteiger partial charge in [0.05, 0.1) is 29.3 Å². The molecular formula is C15H18FN3O3S2. The molecule has 130 valence electrons. The van der Waals surface area contributed by atoms with Gasteiger partial charge in [-0.05, 0) is 24.3 Å². The first-order valence-corrected chi connectivity index (χ1v) is 10.2. The van der Waals surface area contributed by atoms with E-state index in [2.05, 4.69) is 4.99 Å². The lowest BCUT2D eigenvalue weighted by molar-refractivity contribution is -0.125. The molecule has 2 heterocycles. The number of halogens is 1. The van der Waals surface area contributed by atoms with Crippen molar-refractivity contribution in [3.63, 3.8) is 0 Å². The van der Waals surface area contributed by atoms with Crippen molar-refractivity contribution in [2.24, 2.45) is 4.99 Å². The first kappa shape index (κ1) is 17.2. The highest BCUT2D eigenvalue weighted by atomic mass is 32.2. The summed E-state index contributed by atoms with van der Waals surface area (Å²) >= 11 is 1.28. The van der Waals surface area contributed by atoms with E-state index >= 15 is 0 Å². The number of thioether (sulfide) groups is 1. The number of fused-ring (bicyclic) bond motifs is 1. The number of nitrogens with zero attached hydrogens (tertiary/aromatic N) is 3. The second-order valence-corrected chi connectivity index (χ2v) is 9.14. The van der Waals surface area contributed by atoms with Crippen LogP contribution in [0.2, 0.25) is 0 Å². The van der Waals surface area contributed by atoms with Gasteiger partial charge in [-0.1, -0.05) is 11.8 Å². The Morgan fingerprint density at radius 1 is 1.33 bits per heavy atom. The van der Waals surface area contributed by atoms with Gasteiger partial charge < -0.3 is 9.80 Å². The number of anilines is 1. The maximum absolute atomic E-state index is 13.2. The monoisotopic (exact) mass is 371 g/mol. The SMILES string of the molecule is CN(C)C(=O)CSC1=NC2CS(=O)(=O)CC2N1c1ccc(F)cc1. The standard InChI is InChI=1S/C15H18FN3O3S2/c1-18(2)14(20)7-23-15-17-12-8-24(21,22)9-13(12)19(15)11-5-3-10(16)4-6-11/h3-6,12-13H,7-9H2,1-2H3. The van der Waals surface area contributed by atoms with Crippen molar-refractivity contribution in [1.29, 1.82) is 0 Å². The van der Waals surface area contributed by atoms with E-state index in [4.69, 9.17) is 0 Å². The number of carbonyl (C=O) groups excluding carboxylic acids is 1. The maximum atomic E-state index is 13.2. The molecule has 1 fully saturated rings. The molecule has 2 atom stereocenters. The van der Waals surface area contributed by atoms with E-state index in [0.717, 1.165) is 0 Å². The van der Waals surface area contributed by atoms with E-state index in [9.17, 15) is 17.6 Å². The predicted octanol–water partition coefficient (Wildman–Crippen LogP) is 0.989. The normalized spacial score (nSPS) is 24.6. The van der Waals surface area contributed by atoms with Gasteiger partial charge in [-0.3, -0.25) is 9.79 Å². The molecule has 2 unspecified atom stereocenters. The molecule has 0 aromatic heterocycles. The van der Waals surface area contributed by atoms with Crippen LogP contribution in [0.25, 0.3) is 0 Å². The van der Waals surface area contributed by atoms with Crippen LogP contribution in [0.1, 0.15) is 0 Å². The second-order valence-electron chi connectivity index (χ2n) is 6.05. The minimum Gasteiger partial charge on any atom is -0.348 e. The first-order chi connectivity index (χ1) is 11.3. The van der Waals surface area contributed by atoms with Crippen LogP contribution < -0.4 is 4.90 Å². The van der Waals surface area contributed by atoms with Crippen molar-refractivity contribution in [2.45, 2.75) is 12.1 Å². The summed E-state index contributed by atoms with van der Waals surface area (Å²) < 4.78 is 37.0. The predicted molar refractivity (Wildman–Crippen MR) is 93.7 cm³/mol. The van der Waals surface area contributed by atoms with E-state index in [-0.39, 0.29) is 41.1 Å². The lowest BCUT2D eigenvalue weighted by Gasteiger charge is -2.26. The molecule has 6 nitrogen and oxygen atoms in total. The lowest BCUT2D eigenvalue weighted by Crippen LogP contribution is -2.39. The summed E-state index contributed by atoms with van der Waals surface area (Å²) in [5, 5.41) is 0.613. The third-order valence-corrected chi connectivity index (χ3v) is 6.69. The molecular weight excluding hydrogens is 353 g/mol. The molecule has 0 saturated carbocycles. The zero-order chi connectivity index (χ0) is 17.5. The van der Waals surface area contributed by atoms with Crippen LogP contribution in [0.5, 0.6) is 0 Å². The topological polar surface area (TPSA) is 70.0 Å². The highest BCUT2D eigenvalue weighted by Crippen LogP contribution is 2.35. The fraction of sp³-hybridized carbons (Fsp3) is 0.467. The quantitative estimate of drug-likeness (QED) is 0.793. The molecule has 0 spiro atoms. The van der Waals surface area contributed by atoms with Crippen LogP contribution in [0.15, 0.2) is 29.3 Å². The Bertz CT molecular complexity index is 778. The summed E-state index contributed by atoms with van der Waals surface area (Å²) in [5.74, 6) is -0.157. The van der Waals surface area contributed by atoms with Gasteiger partial charge in [0.25, 0.3) is 0 Å². The van der Waals surface area contributed by atoms with Gasteiger partial charge in [0.15, 0.2) is 15.0 Å². The Morgan fingerprint density at radius 3 is 2.62 bits per heavy atom. The van der Waals surface area contributed by atoms with Gasteiger partial charge in [0.2, 0.25) is 5.91 Å². The number of aliphatic imine (C=N–C) groups is 1. The molecule has 2 aliphatic heterocycles. The third kappa shape index (κ3) is 3.41. The molecule has 1 aromatic rings. The number of benzene rings is 1. The average Bonchev–Trinajstić information content (AvgIpc) is 2.97. The Balaban J connectivity index is 1.87. The zero-order valence-electron chi connectivity index (χ0n) is 13.3. The van der Waals surface area contributed by atoms with E-state index < -0.39 is 9.84 Å². The average molecular weight is 371 g/mol. The second kappa shape index (κ2) is 6.36. The Hall–Kier alpha value is -1.61.